The van der Waals surface area contributed by atoms with Crippen LogP contribution in [0.15, 0.2) is 18.3 Å². The largest absolute Gasteiger partial charge is 0.341 e. The van der Waals surface area contributed by atoms with Crippen molar-refractivity contribution in [3.63, 3.8) is 0 Å². The van der Waals surface area contributed by atoms with E-state index in [0.29, 0.717) is 18.0 Å². The summed E-state index contributed by atoms with van der Waals surface area (Å²) in [4.78, 5) is 14.8. The normalized spacial score (nSPS) is 19.5. The molecule has 1 aliphatic rings. The van der Waals surface area contributed by atoms with Crippen molar-refractivity contribution in [3.8, 4) is 0 Å². The maximum atomic E-state index is 12.8. The zero-order chi connectivity index (χ0) is 15.4. The van der Waals surface area contributed by atoms with Gasteiger partial charge in [0.25, 0.3) is 5.91 Å². The lowest BCUT2D eigenvalue weighted by Crippen LogP contribution is -2.44. The first-order valence-corrected chi connectivity index (χ1v) is 8.18. The third-order valence-electron chi connectivity index (χ3n) is 4.18. The number of rotatable bonds is 5. The van der Waals surface area contributed by atoms with Crippen LogP contribution in [0.4, 0.5) is 0 Å². The van der Waals surface area contributed by atoms with Crippen LogP contribution in [-0.4, -0.2) is 41.1 Å². The molecule has 1 fully saturated rings. The smallest absolute Gasteiger partial charge is 0.270 e. The van der Waals surface area contributed by atoms with Crippen molar-refractivity contribution in [3.05, 3.63) is 24.0 Å². The summed E-state index contributed by atoms with van der Waals surface area (Å²) in [5, 5.41) is 3.50. The molecule has 1 N–H and O–H groups in total. The summed E-state index contributed by atoms with van der Waals surface area (Å²) in [6.45, 7) is 11.3. The van der Waals surface area contributed by atoms with Crippen LogP contribution in [0.2, 0.25) is 0 Å². The Morgan fingerprint density at radius 2 is 2.14 bits per heavy atom. The zero-order valence-corrected chi connectivity index (χ0v) is 13.8. The maximum absolute atomic E-state index is 12.8. The van der Waals surface area contributed by atoms with E-state index in [1.807, 2.05) is 23.2 Å². The topological polar surface area (TPSA) is 37.3 Å². The van der Waals surface area contributed by atoms with Gasteiger partial charge in [-0.25, -0.2) is 0 Å². The first-order chi connectivity index (χ1) is 9.99. The number of carbonyl (C=O) groups excluding carboxylic acids is 1. The fraction of sp³-hybridized carbons (Fsp3) is 0.706. The Labute approximate surface area is 128 Å². The second-order valence-corrected chi connectivity index (χ2v) is 6.72. The van der Waals surface area contributed by atoms with E-state index >= 15 is 0 Å². The Morgan fingerprint density at radius 3 is 2.81 bits per heavy atom. The standard InChI is InChI=1S/C17H29N3O/c1-13(2)18-11-15-7-5-9-19(12-15)17(21)16-8-6-10-20(16)14(3)4/h6,8,10,13-15,18H,5,7,9,11-12H2,1-4H3. The molecule has 1 aromatic heterocycles. The van der Waals surface area contributed by atoms with E-state index in [-0.39, 0.29) is 5.91 Å². The molecule has 2 rings (SSSR count). The number of nitrogens with one attached hydrogen (secondary N) is 1. The number of likely N-dealkylation sites (tertiary alicyclic amines) is 1. The van der Waals surface area contributed by atoms with Gasteiger partial charge in [0.15, 0.2) is 0 Å². The molecule has 1 saturated heterocycles. The molecule has 0 radical (unpaired) electrons. The van der Waals surface area contributed by atoms with Gasteiger partial charge in [0, 0.05) is 31.4 Å². The molecule has 1 unspecified atom stereocenters. The summed E-state index contributed by atoms with van der Waals surface area (Å²) in [7, 11) is 0. The SMILES string of the molecule is CC(C)NCC1CCCN(C(=O)c2cccn2C(C)C)C1. The van der Waals surface area contributed by atoms with E-state index in [9.17, 15) is 4.79 Å². The number of hydrogen-bond acceptors (Lipinski definition) is 2. The minimum atomic E-state index is 0.183. The predicted octanol–water partition coefficient (Wildman–Crippen LogP) is 2.92. The number of piperidine rings is 1. The molecule has 0 bridgehead atoms. The van der Waals surface area contributed by atoms with Gasteiger partial charge in [-0.3, -0.25) is 4.79 Å². The van der Waals surface area contributed by atoms with Gasteiger partial charge in [-0.1, -0.05) is 13.8 Å². The van der Waals surface area contributed by atoms with E-state index in [1.54, 1.807) is 0 Å². The summed E-state index contributed by atoms with van der Waals surface area (Å²) < 4.78 is 2.07. The van der Waals surface area contributed by atoms with Crippen molar-refractivity contribution in [1.29, 1.82) is 0 Å². The molecule has 2 heterocycles. The molecule has 0 aromatic carbocycles. The second-order valence-electron chi connectivity index (χ2n) is 6.72. The highest BCUT2D eigenvalue weighted by atomic mass is 16.2. The molecular weight excluding hydrogens is 262 g/mol. The second kappa shape index (κ2) is 7.12. The van der Waals surface area contributed by atoms with Gasteiger partial charge in [0.2, 0.25) is 0 Å². The van der Waals surface area contributed by atoms with Crippen LogP contribution in [0.5, 0.6) is 0 Å². The highest BCUT2D eigenvalue weighted by molar-refractivity contribution is 5.92. The van der Waals surface area contributed by atoms with Gasteiger partial charge in [-0.2, -0.15) is 0 Å². The monoisotopic (exact) mass is 291 g/mol. The highest BCUT2D eigenvalue weighted by Crippen LogP contribution is 2.20. The van der Waals surface area contributed by atoms with Gasteiger partial charge in [0.1, 0.15) is 5.69 Å². The molecule has 1 atom stereocenters. The summed E-state index contributed by atoms with van der Waals surface area (Å²) in [5.41, 5.74) is 0.822. The van der Waals surface area contributed by atoms with Crippen molar-refractivity contribution in [1.82, 2.24) is 14.8 Å². The number of hydrogen-bond donors (Lipinski definition) is 1. The van der Waals surface area contributed by atoms with E-state index in [0.717, 1.165) is 31.7 Å². The quantitative estimate of drug-likeness (QED) is 0.905. The molecule has 1 aromatic rings. The van der Waals surface area contributed by atoms with Crippen molar-refractivity contribution in [2.75, 3.05) is 19.6 Å². The number of aromatic nitrogens is 1. The molecule has 1 aliphatic heterocycles. The van der Waals surface area contributed by atoms with Crippen LogP contribution < -0.4 is 5.32 Å². The number of nitrogens with zero attached hydrogens (tertiary/aromatic N) is 2. The zero-order valence-electron chi connectivity index (χ0n) is 13.8. The summed E-state index contributed by atoms with van der Waals surface area (Å²) in [6, 6.07) is 4.74. The van der Waals surface area contributed by atoms with E-state index in [4.69, 9.17) is 0 Å². The van der Waals surface area contributed by atoms with E-state index < -0.39 is 0 Å². The summed E-state index contributed by atoms with van der Waals surface area (Å²) in [6.07, 6.45) is 4.33. The van der Waals surface area contributed by atoms with Gasteiger partial charge < -0.3 is 14.8 Å². The summed E-state index contributed by atoms with van der Waals surface area (Å²) in [5.74, 6) is 0.760. The van der Waals surface area contributed by atoms with Gasteiger partial charge in [-0.05, 0) is 51.3 Å². The Morgan fingerprint density at radius 1 is 1.38 bits per heavy atom. The lowest BCUT2D eigenvalue weighted by Gasteiger charge is -2.33. The molecule has 0 saturated carbocycles. The fourth-order valence-electron chi connectivity index (χ4n) is 3.01. The summed E-state index contributed by atoms with van der Waals surface area (Å²) >= 11 is 0. The predicted molar refractivity (Wildman–Crippen MR) is 86.6 cm³/mol. The van der Waals surface area contributed by atoms with Crippen molar-refractivity contribution < 1.29 is 4.79 Å². The van der Waals surface area contributed by atoms with Crippen LogP contribution >= 0.6 is 0 Å². The van der Waals surface area contributed by atoms with Crippen LogP contribution in [0.1, 0.15) is 57.1 Å². The van der Waals surface area contributed by atoms with Gasteiger partial charge in [0.05, 0.1) is 0 Å². The van der Waals surface area contributed by atoms with E-state index in [1.165, 1.54) is 6.42 Å². The molecule has 118 valence electrons. The van der Waals surface area contributed by atoms with Crippen LogP contribution in [0, 0.1) is 5.92 Å². The average Bonchev–Trinajstić information content (AvgIpc) is 2.94. The van der Waals surface area contributed by atoms with Crippen LogP contribution in [0.3, 0.4) is 0 Å². The van der Waals surface area contributed by atoms with Crippen molar-refractivity contribution >= 4 is 5.91 Å². The number of amides is 1. The van der Waals surface area contributed by atoms with Crippen molar-refractivity contribution in [2.24, 2.45) is 5.92 Å². The Kier molecular flexibility index (Phi) is 5.45. The van der Waals surface area contributed by atoms with Crippen LogP contribution in [0.25, 0.3) is 0 Å². The fourth-order valence-corrected chi connectivity index (χ4v) is 3.01. The van der Waals surface area contributed by atoms with Crippen molar-refractivity contribution in [2.45, 2.75) is 52.6 Å². The molecule has 21 heavy (non-hydrogen) atoms. The van der Waals surface area contributed by atoms with Gasteiger partial charge in [-0.15, -0.1) is 0 Å². The van der Waals surface area contributed by atoms with Gasteiger partial charge >= 0.3 is 0 Å². The lowest BCUT2D eigenvalue weighted by molar-refractivity contribution is 0.0659. The molecular formula is C17H29N3O. The molecule has 0 spiro atoms. The maximum Gasteiger partial charge on any atom is 0.270 e. The first kappa shape index (κ1) is 16.1. The Bertz CT molecular complexity index is 464. The third-order valence-corrected chi connectivity index (χ3v) is 4.18. The Balaban J connectivity index is 2.00. The third kappa shape index (κ3) is 4.10. The van der Waals surface area contributed by atoms with E-state index in [2.05, 4.69) is 37.6 Å². The number of carbonyl (C=O) groups is 1. The minimum absolute atomic E-state index is 0.183. The lowest BCUT2D eigenvalue weighted by atomic mass is 9.97. The molecule has 4 nitrogen and oxygen atoms in total. The minimum Gasteiger partial charge on any atom is -0.341 e. The molecule has 4 heteroatoms. The first-order valence-electron chi connectivity index (χ1n) is 8.18. The van der Waals surface area contributed by atoms with Crippen LogP contribution in [-0.2, 0) is 0 Å². The Hall–Kier alpha value is -1.29. The average molecular weight is 291 g/mol. The highest BCUT2D eigenvalue weighted by Gasteiger charge is 2.26. The molecule has 1 amide bonds. The molecule has 0 aliphatic carbocycles.